The summed E-state index contributed by atoms with van der Waals surface area (Å²) in [5, 5.41) is 6.94. The Morgan fingerprint density at radius 1 is 0.958 bits per heavy atom. The van der Waals surface area contributed by atoms with Gasteiger partial charge in [0.05, 0.1) is 12.1 Å². The zero-order valence-electron chi connectivity index (χ0n) is 14.3. The largest absolute Gasteiger partial charge is 0.491 e. The molecule has 0 aliphatic rings. The Balaban J connectivity index is 1.75. The number of nitrogens with one attached hydrogen (secondary N) is 2. The Hall–Kier alpha value is -2.27. The molecule has 0 aliphatic carbocycles. The summed E-state index contributed by atoms with van der Waals surface area (Å²) in [6.45, 7) is 6.57. The fourth-order valence-corrected chi connectivity index (χ4v) is 2.38. The van der Waals surface area contributed by atoms with Crippen LogP contribution in [-0.2, 0) is 0 Å². The quantitative estimate of drug-likeness (QED) is 0.736. The third-order valence-electron chi connectivity index (χ3n) is 3.10. The SMILES string of the molecule is CC(C)Oc1ccc(NC(=S)N[C@H](C)COc2ccccc2)cc1. The lowest BCUT2D eigenvalue weighted by Gasteiger charge is -2.18. The van der Waals surface area contributed by atoms with E-state index < -0.39 is 0 Å². The van der Waals surface area contributed by atoms with Gasteiger partial charge in [0.1, 0.15) is 18.1 Å². The van der Waals surface area contributed by atoms with Crippen molar-refractivity contribution in [2.24, 2.45) is 0 Å². The Morgan fingerprint density at radius 2 is 1.62 bits per heavy atom. The van der Waals surface area contributed by atoms with E-state index in [0.717, 1.165) is 17.2 Å². The normalized spacial score (nSPS) is 11.7. The zero-order chi connectivity index (χ0) is 17.4. The molecule has 2 aromatic carbocycles. The van der Waals surface area contributed by atoms with Gasteiger partial charge in [-0.1, -0.05) is 18.2 Å². The minimum absolute atomic E-state index is 0.0914. The number of hydrogen-bond acceptors (Lipinski definition) is 3. The second-order valence-corrected chi connectivity index (χ2v) is 6.22. The first-order valence-corrected chi connectivity index (χ1v) is 8.46. The molecule has 5 heteroatoms. The molecule has 0 spiro atoms. The maximum absolute atomic E-state index is 5.71. The van der Waals surface area contributed by atoms with E-state index in [1.807, 2.05) is 75.4 Å². The van der Waals surface area contributed by atoms with Gasteiger partial charge in [0.25, 0.3) is 0 Å². The van der Waals surface area contributed by atoms with E-state index in [9.17, 15) is 0 Å². The number of benzene rings is 2. The van der Waals surface area contributed by atoms with Gasteiger partial charge in [-0.2, -0.15) is 0 Å². The van der Waals surface area contributed by atoms with Crippen LogP contribution in [0.3, 0.4) is 0 Å². The average molecular weight is 344 g/mol. The molecule has 0 saturated heterocycles. The van der Waals surface area contributed by atoms with Crippen molar-refractivity contribution in [1.82, 2.24) is 5.32 Å². The van der Waals surface area contributed by atoms with Gasteiger partial charge >= 0.3 is 0 Å². The lowest BCUT2D eigenvalue weighted by atomic mass is 10.3. The van der Waals surface area contributed by atoms with Gasteiger partial charge < -0.3 is 20.1 Å². The molecule has 1 atom stereocenters. The van der Waals surface area contributed by atoms with Gasteiger partial charge in [-0.15, -0.1) is 0 Å². The number of thiocarbonyl (C=S) groups is 1. The Morgan fingerprint density at radius 3 is 2.25 bits per heavy atom. The van der Waals surface area contributed by atoms with Crippen molar-refractivity contribution in [3.63, 3.8) is 0 Å². The molecule has 2 rings (SSSR count). The van der Waals surface area contributed by atoms with E-state index in [1.54, 1.807) is 0 Å². The van der Waals surface area contributed by atoms with Gasteiger partial charge in [0.2, 0.25) is 0 Å². The second-order valence-electron chi connectivity index (χ2n) is 5.81. The molecule has 0 aromatic heterocycles. The fourth-order valence-electron chi connectivity index (χ4n) is 2.06. The molecule has 0 aliphatic heterocycles. The summed E-state index contributed by atoms with van der Waals surface area (Å²) < 4.78 is 11.3. The predicted molar refractivity (Wildman–Crippen MR) is 103 cm³/mol. The number of para-hydroxylation sites is 1. The van der Waals surface area contributed by atoms with Crippen LogP contribution >= 0.6 is 12.2 Å². The molecule has 128 valence electrons. The summed E-state index contributed by atoms with van der Waals surface area (Å²) >= 11 is 5.34. The van der Waals surface area contributed by atoms with Crippen molar-refractivity contribution in [3.05, 3.63) is 54.6 Å². The van der Waals surface area contributed by atoms with Gasteiger partial charge in [0.15, 0.2) is 5.11 Å². The molecule has 24 heavy (non-hydrogen) atoms. The second kappa shape index (κ2) is 9.13. The van der Waals surface area contributed by atoms with Crippen molar-refractivity contribution in [2.45, 2.75) is 32.9 Å². The summed E-state index contributed by atoms with van der Waals surface area (Å²) in [6.07, 6.45) is 0.164. The number of ether oxygens (including phenoxy) is 2. The third kappa shape index (κ3) is 6.46. The minimum atomic E-state index is 0.0914. The first kappa shape index (κ1) is 18.1. The van der Waals surface area contributed by atoms with Gasteiger partial charge in [-0.05, 0) is 69.4 Å². The Bertz CT molecular complexity index is 630. The van der Waals surface area contributed by atoms with Crippen molar-refractivity contribution in [1.29, 1.82) is 0 Å². The van der Waals surface area contributed by atoms with Crippen LogP contribution < -0.4 is 20.1 Å². The molecule has 0 amide bonds. The molecule has 0 fully saturated rings. The lowest BCUT2D eigenvalue weighted by molar-refractivity contribution is 0.242. The third-order valence-corrected chi connectivity index (χ3v) is 3.32. The van der Waals surface area contributed by atoms with E-state index in [1.165, 1.54) is 0 Å². The fraction of sp³-hybridized carbons (Fsp3) is 0.316. The molecule has 0 bridgehead atoms. The maximum Gasteiger partial charge on any atom is 0.171 e. The van der Waals surface area contributed by atoms with E-state index in [4.69, 9.17) is 21.7 Å². The summed E-state index contributed by atoms with van der Waals surface area (Å²) in [6, 6.07) is 17.6. The first-order valence-electron chi connectivity index (χ1n) is 8.05. The van der Waals surface area contributed by atoms with Crippen LogP contribution in [0, 0.1) is 0 Å². The summed E-state index contributed by atoms with van der Waals surface area (Å²) in [5.74, 6) is 1.70. The van der Waals surface area contributed by atoms with Gasteiger partial charge in [0, 0.05) is 5.69 Å². The average Bonchev–Trinajstić information content (AvgIpc) is 2.55. The van der Waals surface area contributed by atoms with Crippen LogP contribution in [0.2, 0.25) is 0 Å². The first-order chi connectivity index (χ1) is 11.5. The molecule has 2 aromatic rings. The lowest BCUT2D eigenvalue weighted by Crippen LogP contribution is -2.39. The highest BCUT2D eigenvalue weighted by molar-refractivity contribution is 7.80. The van der Waals surface area contributed by atoms with Crippen molar-refractivity contribution < 1.29 is 9.47 Å². The van der Waals surface area contributed by atoms with Gasteiger partial charge in [-0.25, -0.2) is 0 Å². The van der Waals surface area contributed by atoms with Crippen LogP contribution in [-0.4, -0.2) is 23.9 Å². The highest BCUT2D eigenvalue weighted by atomic mass is 32.1. The van der Waals surface area contributed by atoms with E-state index in [-0.39, 0.29) is 12.1 Å². The summed E-state index contributed by atoms with van der Waals surface area (Å²) in [4.78, 5) is 0. The monoisotopic (exact) mass is 344 g/mol. The van der Waals surface area contributed by atoms with Crippen molar-refractivity contribution in [3.8, 4) is 11.5 Å². The predicted octanol–water partition coefficient (Wildman–Crippen LogP) is 4.23. The van der Waals surface area contributed by atoms with Crippen LogP contribution in [0.1, 0.15) is 20.8 Å². The number of hydrogen-bond donors (Lipinski definition) is 2. The summed E-state index contributed by atoms with van der Waals surface area (Å²) in [5.41, 5.74) is 0.916. The van der Waals surface area contributed by atoms with Gasteiger partial charge in [-0.3, -0.25) is 0 Å². The van der Waals surface area contributed by atoms with E-state index >= 15 is 0 Å². The minimum Gasteiger partial charge on any atom is -0.491 e. The molecule has 0 unspecified atom stereocenters. The van der Waals surface area contributed by atoms with E-state index in [2.05, 4.69) is 10.6 Å². The molecule has 0 heterocycles. The molecule has 4 nitrogen and oxygen atoms in total. The van der Waals surface area contributed by atoms with Crippen molar-refractivity contribution >= 4 is 23.0 Å². The molecular weight excluding hydrogens is 320 g/mol. The van der Waals surface area contributed by atoms with Crippen LogP contribution in [0.15, 0.2) is 54.6 Å². The Labute approximate surface area is 149 Å². The Kier molecular flexibility index (Phi) is 6.88. The summed E-state index contributed by atoms with van der Waals surface area (Å²) in [7, 11) is 0. The molecule has 2 N–H and O–H groups in total. The zero-order valence-corrected chi connectivity index (χ0v) is 15.1. The molecule has 0 radical (unpaired) electrons. The maximum atomic E-state index is 5.71. The highest BCUT2D eigenvalue weighted by Gasteiger charge is 2.06. The van der Waals surface area contributed by atoms with Crippen LogP contribution in [0.4, 0.5) is 5.69 Å². The number of rotatable bonds is 7. The van der Waals surface area contributed by atoms with Crippen molar-refractivity contribution in [2.75, 3.05) is 11.9 Å². The van der Waals surface area contributed by atoms with Crippen LogP contribution in [0.5, 0.6) is 11.5 Å². The standard InChI is InChI=1S/C19H24N2O2S/c1-14(2)23-18-11-9-16(10-12-18)21-19(24)20-15(3)13-22-17-7-5-4-6-8-17/h4-12,14-15H,13H2,1-3H3,(H2,20,21,24)/t15-/m1/s1. The van der Waals surface area contributed by atoms with Crippen LogP contribution in [0.25, 0.3) is 0 Å². The van der Waals surface area contributed by atoms with E-state index in [0.29, 0.717) is 11.7 Å². The topological polar surface area (TPSA) is 42.5 Å². The highest BCUT2D eigenvalue weighted by Crippen LogP contribution is 2.16. The molecular formula is C19H24N2O2S. The smallest absolute Gasteiger partial charge is 0.171 e. The number of anilines is 1. The molecule has 0 saturated carbocycles.